The molecule has 1 aromatic heterocycles. The van der Waals surface area contributed by atoms with Crippen LogP contribution in [-0.2, 0) is 0 Å². The summed E-state index contributed by atoms with van der Waals surface area (Å²) < 4.78 is 0. The van der Waals surface area contributed by atoms with Crippen molar-refractivity contribution in [2.75, 3.05) is 32.6 Å². The first kappa shape index (κ1) is 14.7. The van der Waals surface area contributed by atoms with Gasteiger partial charge in [0.05, 0.1) is 10.6 Å². The van der Waals surface area contributed by atoms with E-state index in [-0.39, 0.29) is 5.91 Å². The van der Waals surface area contributed by atoms with E-state index in [2.05, 4.69) is 20.6 Å². The molecule has 4 N–H and O–H groups in total. The van der Waals surface area contributed by atoms with Gasteiger partial charge in [0.25, 0.3) is 5.91 Å². The van der Waals surface area contributed by atoms with E-state index >= 15 is 0 Å². The second kappa shape index (κ2) is 7.15. The molecule has 0 saturated carbocycles. The van der Waals surface area contributed by atoms with E-state index in [9.17, 15) is 4.79 Å². The van der Waals surface area contributed by atoms with Gasteiger partial charge in [-0.15, -0.1) is 0 Å². The average molecular weight is 272 g/mol. The van der Waals surface area contributed by atoms with Crippen LogP contribution in [-0.4, -0.2) is 43.0 Å². The lowest BCUT2D eigenvalue weighted by Crippen LogP contribution is -2.27. The predicted octanol–water partition coefficient (Wildman–Crippen LogP) is 0.702. The highest BCUT2D eigenvalue weighted by Crippen LogP contribution is 2.18. The number of pyridine rings is 1. The van der Waals surface area contributed by atoms with Crippen molar-refractivity contribution in [3.8, 4) is 0 Å². The molecule has 0 spiro atoms. The third-order valence-electron chi connectivity index (χ3n) is 2.31. The molecule has 0 aliphatic heterocycles. The molecule has 1 heterocycles. The molecule has 0 bridgehead atoms. The standard InChI is InChI=1S/C11H18ClN5O/c1-17(2)5-3-4-14-11(18)8-6-9(12)10(16-13)15-7-8/h6-7H,3-5,13H2,1-2H3,(H,14,18)(H,15,16). The van der Waals surface area contributed by atoms with E-state index in [4.69, 9.17) is 17.4 Å². The number of nitrogens with zero attached hydrogens (tertiary/aromatic N) is 2. The maximum Gasteiger partial charge on any atom is 0.252 e. The maximum atomic E-state index is 11.8. The quantitative estimate of drug-likeness (QED) is 0.403. The van der Waals surface area contributed by atoms with Crippen LogP contribution in [0.15, 0.2) is 12.3 Å². The molecule has 0 unspecified atom stereocenters. The number of carbonyl (C=O) groups excluding carboxylic acids is 1. The van der Waals surface area contributed by atoms with Crippen molar-refractivity contribution in [2.45, 2.75) is 6.42 Å². The third kappa shape index (κ3) is 4.48. The zero-order valence-electron chi connectivity index (χ0n) is 10.5. The Morgan fingerprint density at radius 3 is 2.83 bits per heavy atom. The lowest BCUT2D eigenvalue weighted by atomic mass is 10.2. The van der Waals surface area contributed by atoms with Gasteiger partial charge < -0.3 is 15.6 Å². The van der Waals surface area contributed by atoms with Gasteiger partial charge in [-0.2, -0.15) is 0 Å². The Morgan fingerprint density at radius 2 is 2.28 bits per heavy atom. The number of hydrogen-bond acceptors (Lipinski definition) is 5. The van der Waals surface area contributed by atoms with Gasteiger partial charge in [0, 0.05) is 12.7 Å². The van der Waals surface area contributed by atoms with Crippen LogP contribution < -0.4 is 16.6 Å². The molecule has 7 heteroatoms. The zero-order chi connectivity index (χ0) is 13.5. The Morgan fingerprint density at radius 1 is 1.56 bits per heavy atom. The Labute approximate surface area is 111 Å². The summed E-state index contributed by atoms with van der Waals surface area (Å²) in [6.45, 7) is 1.54. The number of nitrogen functional groups attached to an aromatic ring is 1. The second-order valence-corrected chi connectivity index (χ2v) is 4.52. The minimum Gasteiger partial charge on any atom is -0.352 e. The minimum absolute atomic E-state index is 0.188. The van der Waals surface area contributed by atoms with E-state index in [1.165, 1.54) is 12.3 Å². The van der Waals surface area contributed by atoms with E-state index in [1.807, 2.05) is 14.1 Å². The van der Waals surface area contributed by atoms with Gasteiger partial charge in [0.1, 0.15) is 0 Å². The summed E-state index contributed by atoms with van der Waals surface area (Å²) in [5.74, 6) is 5.36. The Kier molecular flexibility index (Phi) is 5.84. The summed E-state index contributed by atoms with van der Waals surface area (Å²) in [7, 11) is 3.98. The number of hydrogen-bond donors (Lipinski definition) is 3. The van der Waals surface area contributed by atoms with Gasteiger partial charge in [-0.3, -0.25) is 4.79 Å². The van der Waals surface area contributed by atoms with Crippen molar-refractivity contribution in [3.05, 3.63) is 22.8 Å². The molecule has 1 rings (SSSR count). The van der Waals surface area contributed by atoms with Gasteiger partial charge in [0.15, 0.2) is 5.82 Å². The molecule has 1 amide bonds. The molecule has 0 aliphatic carbocycles. The highest BCUT2D eigenvalue weighted by molar-refractivity contribution is 6.33. The van der Waals surface area contributed by atoms with E-state index in [1.54, 1.807) is 0 Å². The fraction of sp³-hybridized carbons (Fsp3) is 0.455. The summed E-state index contributed by atoms with van der Waals surface area (Å²) in [6, 6.07) is 1.53. The van der Waals surface area contributed by atoms with Crippen LogP contribution in [0.4, 0.5) is 5.82 Å². The molecule has 0 saturated heterocycles. The molecule has 0 aromatic carbocycles. The van der Waals surface area contributed by atoms with Gasteiger partial charge in [-0.25, -0.2) is 10.8 Å². The topological polar surface area (TPSA) is 83.3 Å². The fourth-order valence-electron chi connectivity index (χ4n) is 1.37. The van der Waals surface area contributed by atoms with Crippen LogP contribution in [0, 0.1) is 0 Å². The molecule has 18 heavy (non-hydrogen) atoms. The van der Waals surface area contributed by atoms with E-state index < -0.39 is 0 Å². The molecule has 0 aliphatic rings. The molecular weight excluding hydrogens is 254 g/mol. The molecular formula is C11H18ClN5O. The van der Waals surface area contributed by atoms with Crippen LogP contribution in [0.5, 0.6) is 0 Å². The number of aromatic nitrogens is 1. The number of anilines is 1. The zero-order valence-corrected chi connectivity index (χ0v) is 11.3. The minimum atomic E-state index is -0.188. The van der Waals surface area contributed by atoms with Crippen molar-refractivity contribution < 1.29 is 4.79 Å². The Hall–Kier alpha value is -1.37. The number of halogens is 1. The van der Waals surface area contributed by atoms with Crippen molar-refractivity contribution in [1.29, 1.82) is 0 Å². The van der Waals surface area contributed by atoms with Crippen LogP contribution in [0.25, 0.3) is 0 Å². The van der Waals surface area contributed by atoms with Crippen LogP contribution >= 0.6 is 11.6 Å². The predicted molar refractivity (Wildman–Crippen MR) is 72.6 cm³/mol. The highest BCUT2D eigenvalue weighted by Gasteiger charge is 2.08. The molecule has 6 nitrogen and oxygen atoms in total. The monoisotopic (exact) mass is 271 g/mol. The first-order valence-corrected chi connectivity index (χ1v) is 5.97. The number of carbonyl (C=O) groups is 1. The van der Waals surface area contributed by atoms with Gasteiger partial charge in [-0.05, 0) is 33.1 Å². The van der Waals surface area contributed by atoms with Crippen molar-refractivity contribution >= 4 is 23.3 Å². The van der Waals surface area contributed by atoms with Crippen molar-refractivity contribution in [2.24, 2.45) is 5.84 Å². The molecule has 1 aromatic rings. The van der Waals surface area contributed by atoms with E-state index in [0.29, 0.717) is 22.9 Å². The molecule has 0 atom stereocenters. The smallest absolute Gasteiger partial charge is 0.252 e. The van der Waals surface area contributed by atoms with Crippen LogP contribution in [0.3, 0.4) is 0 Å². The molecule has 0 fully saturated rings. The first-order chi connectivity index (χ1) is 8.54. The molecule has 100 valence electrons. The number of rotatable bonds is 6. The average Bonchev–Trinajstić information content (AvgIpc) is 2.34. The number of nitrogens with two attached hydrogens (primary N) is 1. The van der Waals surface area contributed by atoms with Gasteiger partial charge in [0.2, 0.25) is 0 Å². The van der Waals surface area contributed by atoms with Crippen molar-refractivity contribution in [1.82, 2.24) is 15.2 Å². The summed E-state index contributed by atoms with van der Waals surface area (Å²) in [5.41, 5.74) is 2.77. The SMILES string of the molecule is CN(C)CCCNC(=O)c1cnc(NN)c(Cl)c1. The van der Waals surface area contributed by atoms with Gasteiger partial charge in [-0.1, -0.05) is 11.6 Å². The summed E-state index contributed by atoms with van der Waals surface area (Å²) in [5, 5.41) is 3.12. The van der Waals surface area contributed by atoms with Gasteiger partial charge >= 0.3 is 0 Å². The lowest BCUT2D eigenvalue weighted by Gasteiger charge is -2.10. The van der Waals surface area contributed by atoms with E-state index in [0.717, 1.165) is 13.0 Å². The normalized spacial score (nSPS) is 10.5. The Bertz CT molecular complexity index is 410. The second-order valence-electron chi connectivity index (χ2n) is 4.11. The van der Waals surface area contributed by atoms with Crippen LogP contribution in [0.2, 0.25) is 5.02 Å². The highest BCUT2D eigenvalue weighted by atomic mass is 35.5. The summed E-state index contributed by atoms with van der Waals surface area (Å²) >= 11 is 5.88. The third-order valence-corrected chi connectivity index (χ3v) is 2.60. The molecule has 0 radical (unpaired) electrons. The van der Waals surface area contributed by atoms with Crippen LogP contribution in [0.1, 0.15) is 16.8 Å². The number of nitrogens with one attached hydrogen (secondary N) is 2. The maximum absolute atomic E-state index is 11.8. The summed E-state index contributed by atoms with van der Waals surface area (Å²) in [6.07, 6.45) is 2.32. The van der Waals surface area contributed by atoms with Crippen molar-refractivity contribution in [3.63, 3.8) is 0 Å². The number of amides is 1. The first-order valence-electron chi connectivity index (χ1n) is 5.59. The largest absolute Gasteiger partial charge is 0.352 e. The summed E-state index contributed by atoms with van der Waals surface area (Å²) in [4.78, 5) is 17.8. The fourth-order valence-corrected chi connectivity index (χ4v) is 1.59. The number of hydrazine groups is 1. The lowest BCUT2D eigenvalue weighted by molar-refractivity contribution is 0.0952. The Balaban J connectivity index is 2.49.